The lowest BCUT2D eigenvalue weighted by Crippen LogP contribution is -2.30. The van der Waals surface area contributed by atoms with Crippen molar-refractivity contribution in [2.45, 2.75) is 26.7 Å². The van der Waals surface area contributed by atoms with Gasteiger partial charge in [0.25, 0.3) is 0 Å². The maximum absolute atomic E-state index is 11.9. The van der Waals surface area contributed by atoms with Gasteiger partial charge in [-0.2, -0.15) is 0 Å². The first-order chi connectivity index (χ1) is 6.11. The number of ketones is 1. The van der Waals surface area contributed by atoms with Crippen LogP contribution >= 0.6 is 0 Å². The second kappa shape index (κ2) is 2.69. The minimum Gasteiger partial charge on any atom is -0.294 e. The van der Waals surface area contributed by atoms with E-state index in [9.17, 15) is 4.79 Å². The van der Waals surface area contributed by atoms with Crippen molar-refractivity contribution in [2.75, 3.05) is 0 Å². The van der Waals surface area contributed by atoms with E-state index in [-0.39, 0.29) is 5.41 Å². The number of carbonyl (C=O) groups is 1. The normalized spacial score (nSPS) is 19.7. The van der Waals surface area contributed by atoms with Gasteiger partial charge in [0, 0.05) is 11.0 Å². The standard InChI is InChI=1S/C12H14O/c1-12(2)8-7-9-5-3-4-6-10(9)11(12)13/h3-6H,7-8H2,1-2H3/i1+1,2+1. The van der Waals surface area contributed by atoms with Gasteiger partial charge in [0.05, 0.1) is 0 Å². The fourth-order valence-corrected chi connectivity index (χ4v) is 1.89. The maximum atomic E-state index is 11.9. The third kappa shape index (κ3) is 1.28. The Morgan fingerprint density at radius 3 is 2.69 bits per heavy atom. The SMILES string of the molecule is [13CH3]C1([13CH3])CCc2ccccc2C1=O. The van der Waals surface area contributed by atoms with Gasteiger partial charge in [0.1, 0.15) is 0 Å². The molecule has 0 fully saturated rings. The zero-order valence-electron chi connectivity index (χ0n) is 8.13. The highest BCUT2D eigenvalue weighted by Gasteiger charge is 2.33. The minimum atomic E-state index is -0.158. The van der Waals surface area contributed by atoms with Gasteiger partial charge in [-0.1, -0.05) is 38.1 Å². The average Bonchev–Trinajstić information content (AvgIpc) is 2.13. The van der Waals surface area contributed by atoms with Crippen molar-refractivity contribution in [1.29, 1.82) is 0 Å². The van der Waals surface area contributed by atoms with Gasteiger partial charge >= 0.3 is 0 Å². The molecule has 0 unspecified atom stereocenters. The molecule has 0 aliphatic heterocycles. The van der Waals surface area contributed by atoms with E-state index < -0.39 is 0 Å². The van der Waals surface area contributed by atoms with Crippen LogP contribution in [0.1, 0.15) is 36.2 Å². The molecule has 1 aliphatic carbocycles. The molecule has 0 radical (unpaired) electrons. The van der Waals surface area contributed by atoms with E-state index in [1.807, 2.05) is 32.0 Å². The van der Waals surface area contributed by atoms with Crippen molar-refractivity contribution in [3.8, 4) is 0 Å². The van der Waals surface area contributed by atoms with E-state index in [0.717, 1.165) is 18.4 Å². The molecule has 1 aliphatic rings. The molecule has 0 bridgehead atoms. The summed E-state index contributed by atoms with van der Waals surface area (Å²) in [6.45, 7) is 4.07. The number of hydrogen-bond acceptors (Lipinski definition) is 1. The number of aryl methyl sites for hydroxylation is 1. The van der Waals surface area contributed by atoms with Gasteiger partial charge in [-0.25, -0.2) is 0 Å². The zero-order valence-corrected chi connectivity index (χ0v) is 8.13. The molecule has 0 saturated carbocycles. The van der Waals surface area contributed by atoms with Gasteiger partial charge in [-0.3, -0.25) is 4.79 Å². The number of Topliss-reactive ketones (excluding diaryl/α,β-unsaturated/α-hetero) is 1. The summed E-state index contributed by atoms with van der Waals surface area (Å²) in [5, 5.41) is 0. The highest BCUT2D eigenvalue weighted by atomic mass is 16.1. The Hall–Kier alpha value is -1.11. The molecule has 1 aromatic rings. The monoisotopic (exact) mass is 176 g/mol. The third-order valence-corrected chi connectivity index (χ3v) is 2.90. The van der Waals surface area contributed by atoms with Crippen LogP contribution in [0.15, 0.2) is 24.3 Å². The average molecular weight is 176 g/mol. The molecule has 68 valence electrons. The molecule has 0 amide bonds. The lowest BCUT2D eigenvalue weighted by atomic mass is 9.80. The highest BCUT2D eigenvalue weighted by molar-refractivity contribution is 6.02. The Bertz CT molecular complexity index is 350. The van der Waals surface area contributed by atoms with Crippen LogP contribution in [0.5, 0.6) is 0 Å². The van der Waals surface area contributed by atoms with Gasteiger partial charge < -0.3 is 0 Å². The molecule has 0 saturated heterocycles. The fourth-order valence-electron chi connectivity index (χ4n) is 1.89. The van der Waals surface area contributed by atoms with Crippen LogP contribution in [0.25, 0.3) is 0 Å². The first kappa shape index (κ1) is 8.49. The largest absolute Gasteiger partial charge is 0.294 e. The van der Waals surface area contributed by atoms with E-state index in [4.69, 9.17) is 0 Å². The molecule has 0 atom stereocenters. The summed E-state index contributed by atoms with van der Waals surface area (Å²) in [6.07, 6.45) is 2.01. The van der Waals surface area contributed by atoms with E-state index in [1.54, 1.807) is 0 Å². The number of carbonyl (C=O) groups excluding carboxylic acids is 1. The van der Waals surface area contributed by atoms with Crippen molar-refractivity contribution >= 4 is 5.78 Å². The number of hydrogen-bond donors (Lipinski definition) is 0. The smallest absolute Gasteiger partial charge is 0.168 e. The zero-order chi connectivity index (χ0) is 9.47. The highest BCUT2D eigenvalue weighted by Crippen LogP contribution is 2.34. The summed E-state index contributed by atoms with van der Waals surface area (Å²) < 4.78 is 0. The van der Waals surface area contributed by atoms with Crippen molar-refractivity contribution in [2.24, 2.45) is 5.41 Å². The minimum absolute atomic E-state index is 0.158. The molecule has 1 heteroatoms. The fraction of sp³-hybridized carbons (Fsp3) is 0.417. The third-order valence-electron chi connectivity index (χ3n) is 2.90. The molecule has 0 heterocycles. The van der Waals surface area contributed by atoms with E-state index in [1.165, 1.54) is 5.56 Å². The molecule has 13 heavy (non-hydrogen) atoms. The summed E-state index contributed by atoms with van der Waals surface area (Å²) in [4.78, 5) is 11.9. The molecule has 2 rings (SSSR count). The lowest BCUT2D eigenvalue weighted by Gasteiger charge is -2.29. The second-order valence-corrected chi connectivity index (χ2v) is 4.37. The Morgan fingerprint density at radius 1 is 1.23 bits per heavy atom. The Morgan fingerprint density at radius 2 is 1.92 bits per heavy atom. The van der Waals surface area contributed by atoms with E-state index in [2.05, 4.69) is 6.07 Å². The van der Waals surface area contributed by atoms with Gasteiger partial charge in [-0.05, 0) is 18.4 Å². The summed E-state index contributed by atoms with van der Waals surface area (Å²) in [7, 11) is 0. The quantitative estimate of drug-likeness (QED) is 0.555. The van der Waals surface area contributed by atoms with E-state index in [0.29, 0.717) is 5.78 Å². The van der Waals surface area contributed by atoms with Gasteiger partial charge in [-0.15, -0.1) is 0 Å². The molecule has 1 aromatic carbocycles. The van der Waals surface area contributed by atoms with Crippen LogP contribution in [0, 0.1) is 5.41 Å². The van der Waals surface area contributed by atoms with Crippen molar-refractivity contribution in [3.05, 3.63) is 35.4 Å². The summed E-state index contributed by atoms with van der Waals surface area (Å²) in [6, 6.07) is 7.95. The molecule has 0 spiro atoms. The number of rotatable bonds is 0. The number of benzene rings is 1. The Kier molecular flexibility index (Phi) is 1.76. The van der Waals surface area contributed by atoms with Crippen LogP contribution in [0.2, 0.25) is 0 Å². The van der Waals surface area contributed by atoms with Crippen molar-refractivity contribution in [1.82, 2.24) is 0 Å². The predicted octanol–water partition coefficient (Wildman–Crippen LogP) is 2.84. The van der Waals surface area contributed by atoms with Crippen molar-refractivity contribution < 1.29 is 4.79 Å². The predicted molar refractivity (Wildman–Crippen MR) is 52.9 cm³/mol. The van der Waals surface area contributed by atoms with Crippen molar-refractivity contribution in [3.63, 3.8) is 0 Å². The number of fused-ring (bicyclic) bond motifs is 1. The summed E-state index contributed by atoms with van der Waals surface area (Å²) in [5.74, 6) is 0.300. The first-order valence-corrected chi connectivity index (χ1v) is 4.74. The van der Waals surface area contributed by atoms with Gasteiger partial charge in [0.15, 0.2) is 5.78 Å². The van der Waals surface area contributed by atoms with Crippen LogP contribution in [0.4, 0.5) is 0 Å². The maximum Gasteiger partial charge on any atom is 0.168 e. The second-order valence-electron chi connectivity index (χ2n) is 4.37. The first-order valence-electron chi connectivity index (χ1n) is 4.74. The molecule has 0 N–H and O–H groups in total. The molecule has 0 aromatic heterocycles. The molecule has 1 nitrogen and oxygen atoms in total. The van der Waals surface area contributed by atoms with Crippen LogP contribution in [-0.2, 0) is 6.42 Å². The topological polar surface area (TPSA) is 17.1 Å². The lowest BCUT2D eigenvalue weighted by molar-refractivity contribution is 0.0811. The van der Waals surface area contributed by atoms with Crippen LogP contribution < -0.4 is 0 Å². The summed E-state index contributed by atoms with van der Waals surface area (Å²) in [5.41, 5.74) is 1.99. The molecular weight excluding hydrogens is 162 g/mol. The van der Waals surface area contributed by atoms with Crippen LogP contribution in [0.3, 0.4) is 0 Å². The molecular formula is C12H14O. The van der Waals surface area contributed by atoms with Gasteiger partial charge in [0.2, 0.25) is 0 Å². The Labute approximate surface area is 78.8 Å². The summed E-state index contributed by atoms with van der Waals surface area (Å²) >= 11 is 0. The van der Waals surface area contributed by atoms with E-state index >= 15 is 0 Å². The Balaban J connectivity index is 2.52. The van der Waals surface area contributed by atoms with Crippen LogP contribution in [-0.4, -0.2) is 5.78 Å².